The summed E-state index contributed by atoms with van der Waals surface area (Å²) >= 11 is 1.71. The number of thiophene rings is 1. The van der Waals surface area contributed by atoms with Gasteiger partial charge in [-0.2, -0.15) is 0 Å². The number of ether oxygens (including phenoxy) is 1. The third-order valence-electron chi connectivity index (χ3n) is 4.14. The van der Waals surface area contributed by atoms with E-state index in [0.29, 0.717) is 19.4 Å². The van der Waals surface area contributed by atoms with Gasteiger partial charge in [0.15, 0.2) is 0 Å². The molecule has 0 radical (unpaired) electrons. The Kier molecular flexibility index (Phi) is 5.07. The Hall–Kier alpha value is -1.44. The molecule has 0 bridgehead atoms. The minimum Gasteiger partial charge on any atom is -0.379 e. The summed E-state index contributed by atoms with van der Waals surface area (Å²) in [5.74, 6) is -0.121. The standard InChI is InChI=1S/C15H21N3O3S/c19-14-4-3-11(17-14)15(20)16-10-12(13-2-1-9-22-13)18-5-7-21-8-6-18/h1-2,9,11-12H,3-8,10H2,(H,16,20)(H,17,19)/t11-,12-/m1/s1. The molecule has 0 aromatic carbocycles. The number of nitrogens with one attached hydrogen (secondary N) is 2. The van der Waals surface area contributed by atoms with Gasteiger partial charge < -0.3 is 15.4 Å². The van der Waals surface area contributed by atoms with E-state index in [2.05, 4.69) is 27.0 Å². The van der Waals surface area contributed by atoms with Crippen molar-refractivity contribution in [2.45, 2.75) is 24.9 Å². The van der Waals surface area contributed by atoms with Gasteiger partial charge in [0.25, 0.3) is 0 Å². The van der Waals surface area contributed by atoms with E-state index >= 15 is 0 Å². The van der Waals surface area contributed by atoms with Gasteiger partial charge in [0, 0.05) is 30.9 Å². The predicted molar refractivity (Wildman–Crippen MR) is 83.6 cm³/mol. The van der Waals surface area contributed by atoms with E-state index in [1.54, 1.807) is 11.3 Å². The van der Waals surface area contributed by atoms with E-state index in [1.165, 1.54) is 4.88 Å². The molecule has 1 aromatic rings. The molecule has 0 unspecified atom stereocenters. The second-order valence-corrected chi connectivity index (χ2v) is 6.56. The summed E-state index contributed by atoms with van der Waals surface area (Å²) < 4.78 is 5.41. The smallest absolute Gasteiger partial charge is 0.242 e. The van der Waals surface area contributed by atoms with Crippen molar-refractivity contribution >= 4 is 23.2 Å². The van der Waals surface area contributed by atoms with Crippen molar-refractivity contribution in [3.63, 3.8) is 0 Å². The quantitative estimate of drug-likeness (QED) is 0.829. The van der Waals surface area contributed by atoms with Crippen LogP contribution in [0.25, 0.3) is 0 Å². The van der Waals surface area contributed by atoms with Gasteiger partial charge in [-0.1, -0.05) is 6.07 Å². The predicted octanol–water partition coefficient (Wildman–Crippen LogP) is 0.516. The summed E-state index contributed by atoms with van der Waals surface area (Å²) in [4.78, 5) is 27.0. The number of morpholine rings is 1. The second-order valence-electron chi connectivity index (χ2n) is 5.58. The number of nitrogens with zero attached hydrogens (tertiary/aromatic N) is 1. The van der Waals surface area contributed by atoms with E-state index < -0.39 is 0 Å². The summed E-state index contributed by atoms with van der Waals surface area (Å²) in [7, 11) is 0. The Morgan fingerprint density at radius 1 is 1.50 bits per heavy atom. The van der Waals surface area contributed by atoms with Crippen molar-refractivity contribution in [2.75, 3.05) is 32.8 Å². The van der Waals surface area contributed by atoms with Crippen LogP contribution in [0, 0.1) is 0 Å². The molecule has 2 N–H and O–H groups in total. The number of hydrogen-bond donors (Lipinski definition) is 2. The van der Waals surface area contributed by atoms with Crippen LogP contribution >= 0.6 is 11.3 Å². The first-order valence-corrected chi connectivity index (χ1v) is 8.54. The van der Waals surface area contributed by atoms with E-state index in [1.807, 2.05) is 6.07 Å². The number of hydrogen-bond acceptors (Lipinski definition) is 5. The topological polar surface area (TPSA) is 70.7 Å². The molecule has 7 heteroatoms. The van der Waals surface area contributed by atoms with Crippen LogP contribution in [0.5, 0.6) is 0 Å². The molecular formula is C15H21N3O3S. The normalized spacial score (nSPS) is 24.0. The Labute approximate surface area is 133 Å². The lowest BCUT2D eigenvalue weighted by Gasteiger charge is -2.34. The Balaban J connectivity index is 1.60. The molecule has 2 saturated heterocycles. The number of carbonyl (C=O) groups excluding carboxylic acids is 2. The van der Waals surface area contributed by atoms with Gasteiger partial charge in [-0.15, -0.1) is 11.3 Å². The van der Waals surface area contributed by atoms with Crippen LogP contribution in [0.4, 0.5) is 0 Å². The molecule has 0 aliphatic carbocycles. The second kappa shape index (κ2) is 7.21. The van der Waals surface area contributed by atoms with Gasteiger partial charge in [-0.05, 0) is 17.9 Å². The third kappa shape index (κ3) is 3.66. The fourth-order valence-corrected chi connectivity index (χ4v) is 3.77. The molecule has 120 valence electrons. The molecule has 22 heavy (non-hydrogen) atoms. The third-order valence-corrected chi connectivity index (χ3v) is 5.11. The molecule has 1 aromatic heterocycles. The van der Waals surface area contributed by atoms with Crippen molar-refractivity contribution in [3.05, 3.63) is 22.4 Å². The highest BCUT2D eigenvalue weighted by molar-refractivity contribution is 7.10. The summed E-state index contributed by atoms with van der Waals surface area (Å²) in [5.41, 5.74) is 0. The first-order chi connectivity index (χ1) is 10.7. The maximum Gasteiger partial charge on any atom is 0.242 e. The summed E-state index contributed by atoms with van der Waals surface area (Å²) in [5, 5.41) is 7.77. The fourth-order valence-electron chi connectivity index (χ4n) is 2.91. The monoisotopic (exact) mass is 323 g/mol. The average Bonchev–Trinajstić information content (AvgIpc) is 3.20. The van der Waals surface area contributed by atoms with Crippen molar-refractivity contribution in [1.29, 1.82) is 0 Å². The van der Waals surface area contributed by atoms with Gasteiger partial charge in [-0.25, -0.2) is 0 Å². The van der Waals surface area contributed by atoms with E-state index in [9.17, 15) is 9.59 Å². The average molecular weight is 323 g/mol. The van der Waals surface area contributed by atoms with Gasteiger partial charge in [-0.3, -0.25) is 14.5 Å². The molecule has 3 rings (SSSR count). The van der Waals surface area contributed by atoms with Crippen LogP contribution in [0.3, 0.4) is 0 Å². The van der Waals surface area contributed by atoms with Gasteiger partial charge >= 0.3 is 0 Å². The van der Waals surface area contributed by atoms with Crippen molar-refractivity contribution in [2.24, 2.45) is 0 Å². The fraction of sp³-hybridized carbons (Fsp3) is 0.600. The minimum absolute atomic E-state index is 0.0388. The summed E-state index contributed by atoms with van der Waals surface area (Å²) in [6, 6.07) is 3.94. The number of amides is 2. The first kappa shape index (κ1) is 15.5. The maximum absolute atomic E-state index is 12.2. The van der Waals surface area contributed by atoms with Crippen LogP contribution in [0.15, 0.2) is 17.5 Å². The Bertz CT molecular complexity index is 514. The van der Waals surface area contributed by atoms with Crippen LogP contribution in [-0.4, -0.2) is 55.6 Å². The molecule has 0 saturated carbocycles. The van der Waals surface area contributed by atoms with Crippen LogP contribution in [-0.2, 0) is 14.3 Å². The minimum atomic E-state index is -0.374. The Morgan fingerprint density at radius 3 is 2.95 bits per heavy atom. The molecule has 3 heterocycles. The zero-order valence-corrected chi connectivity index (χ0v) is 13.2. The molecular weight excluding hydrogens is 302 g/mol. The van der Waals surface area contributed by atoms with E-state index in [0.717, 1.165) is 26.3 Å². The molecule has 2 aliphatic rings. The highest BCUT2D eigenvalue weighted by Gasteiger charge is 2.29. The number of carbonyl (C=O) groups is 2. The lowest BCUT2D eigenvalue weighted by atomic mass is 10.1. The molecule has 2 aliphatic heterocycles. The van der Waals surface area contributed by atoms with Crippen molar-refractivity contribution in [1.82, 2.24) is 15.5 Å². The molecule has 2 atom stereocenters. The van der Waals surface area contributed by atoms with Crippen LogP contribution < -0.4 is 10.6 Å². The summed E-state index contributed by atoms with van der Waals surface area (Å²) in [6.45, 7) is 3.77. The highest BCUT2D eigenvalue weighted by atomic mass is 32.1. The largest absolute Gasteiger partial charge is 0.379 e. The van der Waals surface area contributed by atoms with Crippen molar-refractivity contribution < 1.29 is 14.3 Å². The van der Waals surface area contributed by atoms with Crippen molar-refractivity contribution in [3.8, 4) is 0 Å². The van der Waals surface area contributed by atoms with Crippen LogP contribution in [0.1, 0.15) is 23.8 Å². The van der Waals surface area contributed by atoms with Gasteiger partial charge in [0.2, 0.25) is 11.8 Å². The zero-order valence-electron chi connectivity index (χ0n) is 12.4. The zero-order chi connectivity index (χ0) is 15.4. The molecule has 6 nitrogen and oxygen atoms in total. The van der Waals surface area contributed by atoms with Gasteiger partial charge in [0.05, 0.1) is 19.3 Å². The lowest BCUT2D eigenvalue weighted by molar-refractivity contribution is -0.126. The highest BCUT2D eigenvalue weighted by Crippen LogP contribution is 2.25. The van der Waals surface area contributed by atoms with E-state index in [-0.39, 0.29) is 23.9 Å². The SMILES string of the molecule is O=C1CC[C@H](C(=O)NC[C@H](c2cccs2)N2CCOCC2)N1. The summed E-state index contributed by atoms with van der Waals surface area (Å²) in [6.07, 6.45) is 1.03. The first-order valence-electron chi connectivity index (χ1n) is 7.66. The molecule has 0 spiro atoms. The Morgan fingerprint density at radius 2 is 2.32 bits per heavy atom. The maximum atomic E-state index is 12.2. The van der Waals surface area contributed by atoms with Gasteiger partial charge in [0.1, 0.15) is 6.04 Å². The molecule has 2 amide bonds. The molecule has 2 fully saturated rings. The van der Waals surface area contributed by atoms with Crippen LogP contribution in [0.2, 0.25) is 0 Å². The number of rotatable bonds is 5. The van der Waals surface area contributed by atoms with E-state index in [4.69, 9.17) is 4.74 Å². The lowest BCUT2D eigenvalue weighted by Crippen LogP contribution is -2.47.